The van der Waals surface area contributed by atoms with Gasteiger partial charge in [0, 0.05) is 50.4 Å². The summed E-state index contributed by atoms with van der Waals surface area (Å²) in [6.07, 6.45) is -5.04. The van der Waals surface area contributed by atoms with Crippen LogP contribution in [0.1, 0.15) is 12.0 Å². The highest BCUT2D eigenvalue weighted by molar-refractivity contribution is 7.99. The molecule has 1 fully saturated rings. The molecule has 2 rings (SSSR count). The molecule has 24 heavy (non-hydrogen) atoms. The van der Waals surface area contributed by atoms with Crippen LogP contribution in [-0.2, 0) is 6.54 Å². The van der Waals surface area contributed by atoms with Gasteiger partial charge in [-0.05, 0) is 17.7 Å². The first kappa shape index (κ1) is 18.8. The fraction of sp³-hybridized carbons (Fsp3) is 0.562. The van der Waals surface area contributed by atoms with Crippen LogP contribution in [0.25, 0.3) is 0 Å². The van der Waals surface area contributed by atoms with Gasteiger partial charge in [-0.2, -0.15) is 24.9 Å². The van der Waals surface area contributed by atoms with E-state index in [2.05, 4.69) is 32.7 Å². The van der Waals surface area contributed by atoms with Gasteiger partial charge in [-0.1, -0.05) is 12.1 Å². The predicted molar refractivity (Wildman–Crippen MR) is 94.9 cm³/mol. The molecular formula is C16H23F3N4S. The van der Waals surface area contributed by atoms with E-state index in [0.29, 0.717) is 12.5 Å². The van der Waals surface area contributed by atoms with Gasteiger partial charge < -0.3 is 15.5 Å². The highest BCUT2D eigenvalue weighted by Crippen LogP contribution is 2.20. The third-order valence-electron chi connectivity index (χ3n) is 3.70. The minimum absolute atomic E-state index is 0.185. The largest absolute Gasteiger partial charge is 0.390 e. The molecule has 1 aliphatic heterocycles. The summed E-state index contributed by atoms with van der Waals surface area (Å²) in [5.41, 5.74) is 2.27. The zero-order chi connectivity index (χ0) is 17.4. The van der Waals surface area contributed by atoms with Crippen LogP contribution < -0.4 is 15.5 Å². The lowest BCUT2D eigenvalue weighted by atomic mass is 10.2. The number of thioether (sulfide) groups is 1. The number of nitrogens with one attached hydrogen (secondary N) is 2. The third kappa shape index (κ3) is 6.51. The molecule has 8 heteroatoms. The van der Waals surface area contributed by atoms with Crippen molar-refractivity contribution in [2.75, 3.05) is 43.1 Å². The smallest absolute Gasteiger partial charge is 0.370 e. The molecule has 0 saturated carbocycles. The Kier molecular flexibility index (Phi) is 7.08. The topological polar surface area (TPSA) is 39.7 Å². The number of guanidine groups is 1. The van der Waals surface area contributed by atoms with E-state index in [9.17, 15) is 13.2 Å². The lowest BCUT2D eigenvalue weighted by Crippen LogP contribution is -2.38. The number of aliphatic imine (C=N–C) groups is 1. The van der Waals surface area contributed by atoms with Crippen molar-refractivity contribution in [2.24, 2.45) is 4.99 Å². The molecule has 4 nitrogen and oxygen atoms in total. The van der Waals surface area contributed by atoms with Gasteiger partial charge >= 0.3 is 6.18 Å². The lowest BCUT2D eigenvalue weighted by molar-refractivity contribution is -0.132. The minimum atomic E-state index is -4.16. The highest BCUT2D eigenvalue weighted by Gasteiger charge is 2.26. The van der Waals surface area contributed by atoms with Gasteiger partial charge in [0.2, 0.25) is 0 Å². The van der Waals surface area contributed by atoms with Gasteiger partial charge in [0.05, 0.1) is 6.42 Å². The Morgan fingerprint density at radius 3 is 2.42 bits per heavy atom. The summed E-state index contributed by atoms with van der Waals surface area (Å²) in [6, 6.07) is 8.25. The number of hydrogen-bond donors (Lipinski definition) is 2. The van der Waals surface area contributed by atoms with Crippen LogP contribution in [0.5, 0.6) is 0 Å². The van der Waals surface area contributed by atoms with Gasteiger partial charge in [-0.15, -0.1) is 0 Å². The molecule has 0 radical (unpaired) electrons. The zero-order valence-electron chi connectivity index (χ0n) is 13.7. The Balaban J connectivity index is 1.78. The lowest BCUT2D eigenvalue weighted by Gasteiger charge is -2.28. The fourth-order valence-electron chi connectivity index (χ4n) is 2.38. The Labute approximate surface area is 144 Å². The average Bonchev–Trinajstić information content (AvgIpc) is 2.58. The first-order valence-corrected chi connectivity index (χ1v) is 9.06. The molecule has 1 aromatic carbocycles. The van der Waals surface area contributed by atoms with Crippen molar-refractivity contribution in [3.63, 3.8) is 0 Å². The van der Waals surface area contributed by atoms with Crippen molar-refractivity contribution in [1.82, 2.24) is 10.6 Å². The standard InChI is InChI=1S/C16H23F3N4S/c1-20-15(21-7-6-16(17,18)19)22-12-13-2-4-14(5-3-13)23-8-10-24-11-9-23/h2-5H,6-12H2,1H3,(H2,20,21,22). The number of anilines is 1. The number of benzene rings is 1. The molecule has 0 spiro atoms. The second kappa shape index (κ2) is 9.05. The van der Waals surface area contributed by atoms with E-state index >= 15 is 0 Å². The molecule has 0 amide bonds. The molecule has 0 atom stereocenters. The van der Waals surface area contributed by atoms with Crippen molar-refractivity contribution < 1.29 is 13.2 Å². The van der Waals surface area contributed by atoms with Gasteiger partial charge in [0.15, 0.2) is 5.96 Å². The predicted octanol–water partition coefficient (Wildman–Crippen LogP) is 2.86. The summed E-state index contributed by atoms with van der Waals surface area (Å²) in [6.45, 7) is 2.47. The second-order valence-corrected chi connectivity index (χ2v) is 6.71. The van der Waals surface area contributed by atoms with Gasteiger partial charge in [-0.25, -0.2) is 0 Å². The van der Waals surface area contributed by atoms with E-state index in [1.165, 1.54) is 5.69 Å². The Hall–Kier alpha value is -1.57. The fourth-order valence-corrected chi connectivity index (χ4v) is 3.28. The first-order chi connectivity index (χ1) is 11.5. The Morgan fingerprint density at radius 2 is 1.83 bits per heavy atom. The van der Waals surface area contributed by atoms with E-state index in [0.717, 1.165) is 30.2 Å². The molecule has 0 aliphatic carbocycles. The summed E-state index contributed by atoms with van der Waals surface area (Å²) in [5, 5.41) is 5.69. The maximum atomic E-state index is 12.1. The second-order valence-electron chi connectivity index (χ2n) is 5.48. The summed E-state index contributed by atoms with van der Waals surface area (Å²) < 4.78 is 36.4. The molecule has 1 aromatic rings. The first-order valence-electron chi connectivity index (χ1n) is 7.91. The Bertz CT molecular complexity index is 525. The molecule has 134 valence electrons. The van der Waals surface area contributed by atoms with Gasteiger partial charge in [0.25, 0.3) is 0 Å². The van der Waals surface area contributed by atoms with Crippen LogP contribution in [0.2, 0.25) is 0 Å². The van der Waals surface area contributed by atoms with E-state index < -0.39 is 12.6 Å². The maximum Gasteiger partial charge on any atom is 0.390 e. The van der Waals surface area contributed by atoms with Crippen LogP contribution in [-0.4, -0.2) is 50.3 Å². The van der Waals surface area contributed by atoms with Crippen LogP contribution in [0.3, 0.4) is 0 Å². The highest BCUT2D eigenvalue weighted by atomic mass is 32.2. The molecule has 0 bridgehead atoms. The molecule has 0 unspecified atom stereocenters. The molecule has 0 aromatic heterocycles. The molecule has 1 aliphatic rings. The van der Waals surface area contributed by atoms with Crippen LogP contribution in [0.4, 0.5) is 18.9 Å². The molecule has 1 heterocycles. The monoisotopic (exact) mass is 360 g/mol. The summed E-state index contributed by atoms with van der Waals surface area (Å²) in [7, 11) is 1.54. The van der Waals surface area contributed by atoms with E-state index in [-0.39, 0.29) is 6.54 Å². The normalized spacial score (nSPS) is 16.2. The van der Waals surface area contributed by atoms with Gasteiger partial charge in [-0.3, -0.25) is 4.99 Å². The van der Waals surface area contributed by atoms with Gasteiger partial charge in [0.1, 0.15) is 0 Å². The quantitative estimate of drug-likeness (QED) is 0.626. The number of halogens is 3. The van der Waals surface area contributed by atoms with Crippen LogP contribution in [0, 0.1) is 0 Å². The van der Waals surface area contributed by atoms with E-state index in [4.69, 9.17) is 0 Å². The third-order valence-corrected chi connectivity index (χ3v) is 4.64. The summed E-state index contributed by atoms with van der Waals surface area (Å²) in [5.74, 6) is 2.68. The SMILES string of the molecule is CN=C(NCCC(F)(F)F)NCc1ccc(N2CCSCC2)cc1. The average molecular weight is 360 g/mol. The summed E-state index contributed by atoms with van der Waals surface area (Å²) in [4.78, 5) is 6.30. The molecule has 2 N–H and O–H groups in total. The van der Waals surface area contributed by atoms with E-state index in [1.807, 2.05) is 23.9 Å². The number of rotatable bonds is 5. The number of hydrogen-bond acceptors (Lipinski definition) is 3. The van der Waals surface area contributed by atoms with Crippen molar-refractivity contribution in [3.05, 3.63) is 29.8 Å². The minimum Gasteiger partial charge on any atom is -0.370 e. The molecular weight excluding hydrogens is 337 g/mol. The Morgan fingerprint density at radius 1 is 1.17 bits per heavy atom. The van der Waals surface area contributed by atoms with Crippen molar-refractivity contribution in [2.45, 2.75) is 19.1 Å². The van der Waals surface area contributed by atoms with Crippen molar-refractivity contribution in [3.8, 4) is 0 Å². The zero-order valence-corrected chi connectivity index (χ0v) is 14.5. The molecule has 1 saturated heterocycles. The van der Waals surface area contributed by atoms with Crippen molar-refractivity contribution >= 4 is 23.4 Å². The number of alkyl halides is 3. The van der Waals surface area contributed by atoms with Crippen molar-refractivity contribution in [1.29, 1.82) is 0 Å². The van der Waals surface area contributed by atoms with Crippen LogP contribution in [0.15, 0.2) is 29.3 Å². The summed E-state index contributed by atoms with van der Waals surface area (Å²) >= 11 is 1.98. The van der Waals surface area contributed by atoms with Crippen LogP contribution >= 0.6 is 11.8 Å². The maximum absolute atomic E-state index is 12.1. The number of nitrogens with zero attached hydrogens (tertiary/aromatic N) is 2. The van der Waals surface area contributed by atoms with E-state index in [1.54, 1.807) is 7.05 Å².